The van der Waals surface area contributed by atoms with Crippen molar-refractivity contribution >= 4 is 13.9 Å². The van der Waals surface area contributed by atoms with Gasteiger partial charge in [0.05, 0.1) is 5.56 Å². The molecule has 0 aliphatic heterocycles. The Labute approximate surface area is 89.7 Å². The lowest BCUT2D eigenvalue weighted by Gasteiger charge is -2.21. The van der Waals surface area contributed by atoms with Crippen LogP contribution in [-0.2, 0) is 6.18 Å². The fraction of sp³-hybridized carbons (Fsp3) is 0.455. The summed E-state index contributed by atoms with van der Waals surface area (Å²) in [5, 5.41) is 0.291. The van der Waals surface area contributed by atoms with Crippen molar-refractivity contribution in [2.75, 3.05) is 0 Å². The Balaban J connectivity index is 3.08. The largest absolute Gasteiger partial charge is 0.417 e. The highest BCUT2D eigenvalue weighted by Crippen LogP contribution is 2.36. The van der Waals surface area contributed by atoms with Gasteiger partial charge < -0.3 is 0 Å². The van der Waals surface area contributed by atoms with Crippen LogP contribution in [0.2, 0.25) is 0 Å². The van der Waals surface area contributed by atoms with Crippen molar-refractivity contribution in [1.82, 2.24) is 0 Å². The summed E-state index contributed by atoms with van der Waals surface area (Å²) in [6, 6.07) is 5.80. The lowest BCUT2D eigenvalue weighted by atomic mass is 10.2. The van der Waals surface area contributed by atoms with E-state index >= 15 is 0 Å². The molecule has 1 rings (SSSR count). The van der Waals surface area contributed by atoms with E-state index in [1.807, 2.05) is 20.8 Å². The van der Waals surface area contributed by atoms with E-state index in [0.29, 0.717) is 5.30 Å². The third-order valence-corrected chi connectivity index (χ3v) is 3.20. The molecule has 0 heterocycles. The fourth-order valence-corrected chi connectivity index (χ4v) is 2.59. The van der Waals surface area contributed by atoms with Gasteiger partial charge in [0.1, 0.15) is 0 Å². The van der Waals surface area contributed by atoms with E-state index in [4.69, 9.17) is 0 Å². The standard InChI is InChI=1S/C11H14F3P/c1-10(2,3)15-9-7-5-4-6-8(9)11(12,13)14/h4-7,15H,1-3H3. The number of rotatable bonds is 1. The van der Waals surface area contributed by atoms with Gasteiger partial charge in [-0.1, -0.05) is 47.6 Å². The molecule has 0 aromatic heterocycles. The summed E-state index contributed by atoms with van der Waals surface area (Å²) in [6.45, 7) is 5.83. The Morgan fingerprint density at radius 3 is 2.00 bits per heavy atom. The van der Waals surface area contributed by atoms with Crippen LogP contribution in [-0.4, -0.2) is 5.16 Å². The molecule has 0 N–H and O–H groups in total. The van der Waals surface area contributed by atoms with Crippen LogP contribution in [0, 0.1) is 0 Å². The first-order chi connectivity index (χ1) is 6.70. The Morgan fingerprint density at radius 2 is 1.53 bits per heavy atom. The molecule has 0 saturated heterocycles. The lowest BCUT2D eigenvalue weighted by Crippen LogP contribution is -2.20. The summed E-state index contributed by atoms with van der Waals surface area (Å²) in [5.74, 6) is 0. The van der Waals surface area contributed by atoms with Crippen molar-refractivity contribution in [1.29, 1.82) is 0 Å². The zero-order valence-electron chi connectivity index (χ0n) is 8.94. The van der Waals surface area contributed by atoms with Gasteiger partial charge in [0.25, 0.3) is 0 Å². The maximum absolute atomic E-state index is 12.6. The number of halogens is 3. The van der Waals surface area contributed by atoms with E-state index in [1.54, 1.807) is 12.1 Å². The molecular weight excluding hydrogens is 220 g/mol. The molecule has 0 bridgehead atoms. The second-order valence-electron chi connectivity index (χ2n) is 4.42. The van der Waals surface area contributed by atoms with Crippen LogP contribution in [0.5, 0.6) is 0 Å². The minimum absolute atomic E-state index is 0.110. The van der Waals surface area contributed by atoms with Gasteiger partial charge in [-0.2, -0.15) is 13.2 Å². The average Bonchev–Trinajstić information content (AvgIpc) is 1.99. The minimum Gasteiger partial charge on any atom is -0.166 e. The van der Waals surface area contributed by atoms with Gasteiger partial charge in [-0.25, -0.2) is 0 Å². The average molecular weight is 234 g/mol. The molecule has 0 nitrogen and oxygen atoms in total. The van der Waals surface area contributed by atoms with Crippen LogP contribution in [0.1, 0.15) is 26.3 Å². The predicted molar refractivity (Wildman–Crippen MR) is 59.1 cm³/mol. The number of alkyl halides is 3. The summed E-state index contributed by atoms with van der Waals surface area (Å²) in [7, 11) is 0.166. The van der Waals surface area contributed by atoms with Crippen molar-refractivity contribution in [3.8, 4) is 0 Å². The smallest absolute Gasteiger partial charge is 0.166 e. The first-order valence-corrected chi connectivity index (χ1v) is 5.64. The van der Waals surface area contributed by atoms with Gasteiger partial charge in [0, 0.05) is 0 Å². The molecule has 15 heavy (non-hydrogen) atoms. The van der Waals surface area contributed by atoms with Crippen molar-refractivity contribution in [3.63, 3.8) is 0 Å². The van der Waals surface area contributed by atoms with E-state index in [2.05, 4.69) is 0 Å². The fourth-order valence-electron chi connectivity index (χ4n) is 1.24. The van der Waals surface area contributed by atoms with E-state index in [9.17, 15) is 13.2 Å². The Hall–Kier alpha value is -0.560. The zero-order chi connectivity index (χ0) is 11.7. The second kappa shape index (κ2) is 4.13. The summed E-state index contributed by atoms with van der Waals surface area (Å²) < 4.78 is 37.9. The SMILES string of the molecule is CC(C)(C)Pc1ccccc1C(F)(F)F. The normalized spacial score (nSPS) is 13.7. The maximum atomic E-state index is 12.6. The monoisotopic (exact) mass is 234 g/mol. The number of hydrogen-bond acceptors (Lipinski definition) is 0. The summed E-state index contributed by atoms with van der Waals surface area (Å²) >= 11 is 0. The summed E-state index contributed by atoms with van der Waals surface area (Å²) in [5.41, 5.74) is -0.502. The molecule has 1 atom stereocenters. The molecule has 0 saturated carbocycles. The third kappa shape index (κ3) is 3.83. The van der Waals surface area contributed by atoms with Gasteiger partial charge in [-0.05, 0) is 16.5 Å². The molecule has 0 spiro atoms. The number of benzene rings is 1. The molecule has 0 aliphatic carbocycles. The van der Waals surface area contributed by atoms with Gasteiger partial charge in [0.15, 0.2) is 0 Å². The Bertz CT molecular complexity index is 336. The van der Waals surface area contributed by atoms with Crippen LogP contribution in [0.15, 0.2) is 24.3 Å². The Morgan fingerprint density at radius 1 is 1.00 bits per heavy atom. The van der Waals surface area contributed by atoms with Gasteiger partial charge in [0.2, 0.25) is 0 Å². The topological polar surface area (TPSA) is 0 Å². The van der Waals surface area contributed by atoms with Crippen molar-refractivity contribution < 1.29 is 13.2 Å². The van der Waals surface area contributed by atoms with E-state index in [-0.39, 0.29) is 13.7 Å². The van der Waals surface area contributed by atoms with Crippen LogP contribution in [0.4, 0.5) is 13.2 Å². The maximum Gasteiger partial charge on any atom is 0.417 e. The van der Waals surface area contributed by atoms with Crippen LogP contribution in [0.3, 0.4) is 0 Å². The van der Waals surface area contributed by atoms with Crippen LogP contribution in [0.25, 0.3) is 0 Å². The van der Waals surface area contributed by atoms with E-state index in [0.717, 1.165) is 6.07 Å². The molecule has 1 aromatic carbocycles. The van der Waals surface area contributed by atoms with Crippen LogP contribution < -0.4 is 5.30 Å². The van der Waals surface area contributed by atoms with Crippen LogP contribution >= 0.6 is 8.58 Å². The molecule has 0 fully saturated rings. The molecular formula is C11H14F3P. The molecule has 0 aliphatic rings. The van der Waals surface area contributed by atoms with Gasteiger partial charge in [-0.15, -0.1) is 0 Å². The van der Waals surface area contributed by atoms with Crippen molar-refractivity contribution in [3.05, 3.63) is 29.8 Å². The molecule has 4 heteroatoms. The first kappa shape index (κ1) is 12.5. The molecule has 0 radical (unpaired) electrons. The Kier molecular flexibility index (Phi) is 3.44. The van der Waals surface area contributed by atoms with Gasteiger partial charge >= 0.3 is 6.18 Å². The summed E-state index contributed by atoms with van der Waals surface area (Å²) in [4.78, 5) is 0. The second-order valence-corrected chi connectivity index (χ2v) is 6.71. The van der Waals surface area contributed by atoms with E-state index in [1.165, 1.54) is 6.07 Å². The molecule has 84 valence electrons. The van der Waals surface area contributed by atoms with Crippen molar-refractivity contribution in [2.24, 2.45) is 0 Å². The molecule has 1 aromatic rings. The lowest BCUT2D eigenvalue weighted by molar-refractivity contribution is -0.136. The zero-order valence-corrected chi connectivity index (χ0v) is 9.94. The summed E-state index contributed by atoms with van der Waals surface area (Å²) in [6.07, 6.45) is -4.24. The molecule has 0 amide bonds. The highest BCUT2D eigenvalue weighted by atomic mass is 31.1. The number of hydrogen-bond donors (Lipinski definition) is 0. The minimum atomic E-state index is -4.24. The predicted octanol–water partition coefficient (Wildman–Crippen LogP) is 3.81. The third-order valence-electron chi connectivity index (χ3n) is 1.74. The highest BCUT2D eigenvalue weighted by molar-refractivity contribution is 7.49. The first-order valence-electron chi connectivity index (χ1n) is 4.64. The molecule has 1 unspecified atom stereocenters. The van der Waals surface area contributed by atoms with Crippen molar-refractivity contribution in [2.45, 2.75) is 32.1 Å². The quantitative estimate of drug-likeness (QED) is 0.648. The van der Waals surface area contributed by atoms with Gasteiger partial charge in [-0.3, -0.25) is 0 Å². The highest BCUT2D eigenvalue weighted by Gasteiger charge is 2.33. The van der Waals surface area contributed by atoms with E-state index < -0.39 is 11.7 Å².